The topological polar surface area (TPSA) is 66.5 Å². The second kappa shape index (κ2) is 8.91. The van der Waals surface area contributed by atoms with E-state index in [1.54, 1.807) is 34.6 Å². The number of hydrogen-bond donors (Lipinski definition) is 1. The summed E-state index contributed by atoms with van der Waals surface area (Å²) in [7, 11) is -3.48. The standard InChI is InChI=1S/C20H24N2O3S2/c1-26-19-9-5-4-8-18(19)20(23)21-16-10-12-17(13-11-16)27(24,25)22-14-6-2-3-7-15-22/h4-5,8-13H,2-3,6-7,14-15H2,1H3,(H,21,23). The summed E-state index contributed by atoms with van der Waals surface area (Å²) >= 11 is 1.51. The van der Waals surface area contributed by atoms with Crippen LogP contribution in [0.4, 0.5) is 5.69 Å². The SMILES string of the molecule is CSc1ccccc1C(=O)Nc1ccc(S(=O)(=O)N2CCCCCC2)cc1. The van der Waals surface area contributed by atoms with Crippen LogP contribution in [0.1, 0.15) is 36.0 Å². The third-order valence-electron chi connectivity index (χ3n) is 4.67. The lowest BCUT2D eigenvalue weighted by molar-refractivity contribution is 0.102. The summed E-state index contributed by atoms with van der Waals surface area (Å²) in [4.78, 5) is 13.7. The third kappa shape index (κ3) is 4.72. The van der Waals surface area contributed by atoms with Gasteiger partial charge in [-0.15, -0.1) is 11.8 Å². The molecule has 1 aliphatic rings. The number of rotatable bonds is 5. The fourth-order valence-corrected chi connectivity index (χ4v) is 5.28. The molecule has 0 radical (unpaired) electrons. The van der Waals surface area contributed by atoms with Gasteiger partial charge in [-0.05, 0) is 55.5 Å². The van der Waals surface area contributed by atoms with E-state index in [4.69, 9.17) is 0 Å². The number of nitrogens with zero attached hydrogens (tertiary/aromatic N) is 1. The number of anilines is 1. The van der Waals surface area contributed by atoms with Crippen LogP contribution in [0.3, 0.4) is 0 Å². The minimum absolute atomic E-state index is 0.205. The predicted octanol–water partition coefficient (Wildman–Crippen LogP) is 4.23. The average molecular weight is 405 g/mol. The first-order valence-corrected chi connectivity index (χ1v) is 11.7. The minimum Gasteiger partial charge on any atom is -0.322 e. The first kappa shape index (κ1) is 19.9. The zero-order chi connectivity index (χ0) is 19.3. The highest BCUT2D eigenvalue weighted by atomic mass is 32.2. The molecule has 144 valence electrons. The normalized spacial score (nSPS) is 15.9. The lowest BCUT2D eigenvalue weighted by Crippen LogP contribution is -2.31. The molecule has 0 saturated carbocycles. The van der Waals surface area contributed by atoms with Crippen LogP contribution in [0.25, 0.3) is 0 Å². The van der Waals surface area contributed by atoms with E-state index in [-0.39, 0.29) is 10.8 Å². The van der Waals surface area contributed by atoms with Gasteiger partial charge in [-0.2, -0.15) is 4.31 Å². The summed E-state index contributed by atoms with van der Waals surface area (Å²) in [5.74, 6) is -0.205. The molecule has 1 heterocycles. The van der Waals surface area contributed by atoms with Gasteiger partial charge in [0.2, 0.25) is 10.0 Å². The molecular weight excluding hydrogens is 380 g/mol. The highest BCUT2D eigenvalue weighted by Gasteiger charge is 2.25. The molecule has 27 heavy (non-hydrogen) atoms. The molecule has 2 aromatic rings. The molecule has 0 aliphatic carbocycles. The van der Waals surface area contributed by atoms with Gasteiger partial charge in [0.25, 0.3) is 5.91 Å². The van der Waals surface area contributed by atoms with Gasteiger partial charge in [0.15, 0.2) is 0 Å². The Morgan fingerprint density at radius 2 is 1.59 bits per heavy atom. The van der Waals surface area contributed by atoms with Gasteiger partial charge < -0.3 is 5.32 Å². The minimum atomic E-state index is -3.48. The van der Waals surface area contributed by atoms with Crippen molar-refractivity contribution in [1.29, 1.82) is 0 Å². The number of carbonyl (C=O) groups is 1. The predicted molar refractivity (Wildman–Crippen MR) is 110 cm³/mol. The van der Waals surface area contributed by atoms with E-state index >= 15 is 0 Å². The molecule has 2 aromatic carbocycles. The van der Waals surface area contributed by atoms with E-state index in [1.807, 2.05) is 24.5 Å². The summed E-state index contributed by atoms with van der Waals surface area (Å²) in [6.07, 6.45) is 5.89. The Morgan fingerprint density at radius 3 is 2.22 bits per heavy atom. The smallest absolute Gasteiger partial charge is 0.256 e. The van der Waals surface area contributed by atoms with Crippen LogP contribution in [-0.4, -0.2) is 38.0 Å². The van der Waals surface area contributed by atoms with Crippen LogP contribution in [0, 0.1) is 0 Å². The number of sulfonamides is 1. The van der Waals surface area contributed by atoms with Crippen molar-refractivity contribution < 1.29 is 13.2 Å². The maximum Gasteiger partial charge on any atom is 0.256 e. The fourth-order valence-electron chi connectivity index (χ4n) is 3.17. The number of carbonyl (C=O) groups excluding carboxylic acids is 1. The average Bonchev–Trinajstić information content (AvgIpc) is 2.98. The number of thioether (sulfide) groups is 1. The summed E-state index contributed by atoms with van der Waals surface area (Å²) in [5.41, 5.74) is 1.18. The van der Waals surface area contributed by atoms with Crippen molar-refractivity contribution in [3.8, 4) is 0 Å². The molecule has 7 heteroatoms. The van der Waals surface area contributed by atoms with Gasteiger partial charge in [0.05, 0.1) is 10.5 Å². The molecule has 0 unspecified atom stereocenters. The van der Waals surface area contributed by atoms with Gasteiger partial charge >= 0.3 is 0 Å². The summed E-state index contributed by atoms with van der Waals surface area (Å²) < 4.78 is 27.2. The molecule has 1 N–H and O–H groups in total. The second-order valence-corrected chi connectivity index (χ2v) is 9.28. The number of nitrogens with one attached hydrogen (secondary N) is 1. The van der Waals surface area contributed by atoms with Crippen molar-refractivity contribution in [3.63, 3.8) is 0 Å². The third-order valence-corrected chi connectivity index (χ3v) is 7.38. The van der Waals surface area contributed by atoms with E-state index in [0.29, 0.717) is 24.3 Å². The van der Waals surface area contributed by atoms with Gasteiger partial charge in [-0.3, -0.25) is 4.79 Å². The summed E-state index contributed by atoms with van der Waals surface area (Å²) in [6.45, 7) is 1.15. The van der Waals surface area contributed by atoms with Crippen molar-refractivity contribution in [2.24, 2.45) is 0 Å². The molecule has 3 rings (SSSR count). The molecule has 1 saturated heterocycles. The fraction of sp³-hybridized carbons (Fsp3) is 0.350. The monoisotopic (exact) mass is 404 g/mol. The number of amides is 1. The van der Waals surface area contributed by atoms with Crippen molar-refractivity contribution in [3.05, 3.63) is 54.1 Å². The van der Waals surface area contributed by atoms with E-state index in [2.05, 4.69) is 5.32 Å². The Morgan fingerprint density at radius 1 is 0.963 bits per heavy atom. The van der Waals surface area contributed by atoms with Crippen molar-refractivity contribution in [2.75, 3.05) is 24.7 Å². The molecule has 5 nitrogen and oxygen atoms in total. The zero-order valence-electron chi connectivity index (χ0n) is 15.3. The van der Waals surface area contributed by atoms with Crippen molar-refractivity contribution in [2.45, 2.75) is 35.5 Å². The van der Waals surface area contributed by atoms with E-state index in [9.17, 15) is 13.2 Å². The zero-order valence-corrected chi connectivity index (χ0v) is 17.0. The van der Waals surface area contributed by atoms with Crippen LogP contribution < -0.4 is 5.32 Å². The summed E-state index contributed by atoms with van der Waals surface area (Å²) in [6, 6.07) is 13.8. The van der Waals surface area contributed by atoms with Crippen LogP contribution in [0.2, 0.25) is 0 Å². The van der Waals surface area contributed by atoms with Crippen molar-refractivity contribution >= 4 is 33.4 Å². The quantitative estimate of drug-likeness (QED) is 0.758. The molecule has 0 spiro atoms. The second-order valence-electron chi connectivity index (χ2n) is 6.50. The first-order chi connectivity index (χ1) is 13.0. The molecule has 1 amide bonds. The van der Waals surface area contributed by atoms with Gasteiger partial charge in [-0.25, -0.2) is 8.42 Å². The van der Waals surface area contributed by atoms with Gasteiger partial charge in [0, 0.05) is 23.7 Å². The number of hydrogen-bond acceptors (Lipinski definition) is 4. The van der Waals surface area contributed by atoms with Crippen LogP contribution in [0.5, 0.6) is 0 Å². The lowest BCUT2D eigenvalue weighted by atomic mass is 10.2. The largest absolute Gasteiger partial charge is 0.322 e. The molecule has 0 bridgehead atoms. The summed E-state index contributed by atoms with van der Waals surface area (Å²) in [5, 5.41) is 2.84. The van der Waals surface area contributed by atoms with E-state index < -0.39 is 10.0 Å². The van der Waals surface area contributed by atoms with Crippen LogP contribution in [0.15, 0.2) is 58.3 Å². The van der Waals surface area contributed by atoms with Gasteiger partial charge in [0.1, 0.15) is 0 Å². The Labute approximate surface area is 165 Å². The van der Waals surface area contributed by atoms with Crippen LogP contribution >= 0.6 is 11.8 Å². The van der Waals surface area contributed by atoms with Crippen LogP contribution in [-0.2, 0) is 10.0 Å². The lowest BCUT2D eigenvalue weighted by Gasteiger charge is -2.20. The van der Waals surface area contributed by atoms with E-state index in [1.165, 1.54) is 11.8 Å². The Bertz CT molecular complexity index is 888. The molecule has 1 aliphatic heterocycles. The Balaban J connectivity index is 1.74. The Kier molecular flexibility index (Phi) is 6.57. The number of benzene rings is 2. The molecule has 1 fully saturated rings. The maximum atomic E-state index is 12.8. The van der Waals surface area contributed by atoms with Crippen molar-refractivity contribution in [1.82, 2.24) is 4.31 Å². The first-order valence-electron chi connectivity index (χ1n) is 9.07. The Hall–Kier alpha value is -1.83. The molecule has 0 aromatic heterocycles. The maximum absolute atomic E-state index is 12.8. The van der Waals surface area contributed by atoms with E-state index in [0.717, 1.165) is 30.6 Å². The molecular formula is C20H24N2O3S2. The molecule has 0 atom stereocenters. The van der Waals surface area contributed by atoms with Gasteiger partial charge in [-0.1, -0.05) is 25.0 Å². The highest BCUT2D eigenvalue weighted by molar-refractivity contribution is 7.98. The highest BCUT2D eigenvalue weighted by Crippen LogP contribution is 2.24.